The maximum Gasteiger partial charge on any atom is 0.267 e. The van der Waals surface area contributed by atoms with E-state index in [0.29, 0.717) is 10.6 Å². The minimum atomic E-state index is -0.188. The van der Waals surface area contributed by atoms with Crippen LogP contribution in [0.5, 0.6) is 0 Å². The molecular formula is C14H16N2O2S. The van der Waals surface area contributed by atoms with Gasteiger partial charge in [-0.2, -0.15) is 0 Å². The van der Waals surface area contributed by atoms with Crippen LogP contribution in [-0.4, -0.2) is 17.6 Å². The maximum absolute atomic E-state index is 12.0. The van der Waals surface area contributed by atoms with Crippen LogP contribution in [-0.2, 0) is 6.42 Å². The molecule has 0 saturated heterocycles. The van der Waals surface area contributed by atoms with Crippen LogP contribution in [0.1, 0.15) is 21.7 Å². The van der Waals surface area contributed by atoms with Gasteiger partial charge in [0.05, 0.1) is 5.69 Å². The molecule has 0 bridgehead atoms. The molecule has 4 N–H and O–H groups in total. The van der Waals surface area contributed by atoms with Crippen LogP contribution in [0.4, 0.5) is 11.4 Å². The largest absolute Gasteiger partial charge is 0.397 e. The standard InChI is InChI=1S/C14H16N2O2S/c15-12-6-8-19-13(12)14(18)16-11-5-1-3-10(9-11)4-2-7-17/h1,3,5-6,8-9,17H,2,4,7,15H2,(H,16,18). The van der Waals surface area contributed by atoms with E-state index in [0.717, 1.165) is 24.1 Å². The highest BCUT2D eigenvalue weighted by atomic mass is 32.1. The van der Waals surface area contributed by atoms with E-state index in [4.69, 9.17) is 10.8 Å². The van der Waals surface area contributed by atoms with Crippen LogP contribution in [0.3, 0.4) is 0 Å². The summed E-state index contributed by atoms with van der Waals surface area (Å²) in [5, 5.41) is 13.4. The van der Waals surface area contributed by atoms with Crippen molar-refractivity contribution in [1.82, 2.24) is 0 Å². The summed E-state index contributed by atoms with van der Waals surface area (Å²) in [6, 6.07) is 9.34. The van der Waals surface area contributed by atoms with Gasteiger partial charge in [-0.25, -0.2) is 0 Å². The quantitative estimate of drug-likeness (QED) is 0.785. The highest BCUT2D eigenvalue weighted by Gasteiger charge is 2.11. The highest BCUT2D eigenvalue weighted by Crippen LogP contribution is 2.21. The minimum absolute atomic E-state index is 0.169. The van der Waals surface area contributed by atoms with Crippen molar-refractivity contribution in [3.8, 4) is 0 Å². The number of hydrogen-bond donors (Lipinski definition) is 3. The van der Waals surface area contributed by atoms with Crippen molar-refractivity contribution < 1.29 is 9.90 Å². The second kappa shape index (κ2) is 6.36. The van der Waals surface area contributed by atoms with Gasteiger partial charge in [0.25, 0.3) is 5.91 Å². The van der Waals surface area contributed by atoms with Crippen molar-refractivity contribution in [3.05, 3.63) is 46.2 Å². The number of nitrogens with two attached hydrogens (primary N) is 1. The van der Waals surface area contributed by atoms with Crippen LogP contribution in [0, 0.1) is 0 Å². The number of nitrogen functional groups attached to an aromatic ring is 1. The molecular weight excluding hydrogens is 260 g/mol. The number of carbonyl (C=O) groups is 1. The van der Waals surface area contributed by atoms with Crippen molar-refractivity contribution in [1.29, 1.82) is 0 Å². The van der Waals surface area contributed by atoms with Gasteiger partial charge >= 0.3 is 0 Å². The zero-order valence-electron chi connectivity index (χ0n) is 10.4. The third kappa shape index (κ3) is 3.56. The number of benzene rings is 1. The van der Waals surface area contributed by atoms with E-state index in [1.54, 1.807) is 11.4 Å². The van der Waals surface area contributed by atoms with E-state index in [9.17, 15) is 4.79 Å². The summed E-state index contributed by atoms with van der Waals surface area (Å²) in [5.41, 5.74) is 8.04. The number of anilines is 2. The average molecular weight is 276 g/mol. The third-order valence-electron chi connectivity index (χ3n) is 2.71. The molecule has 1 aromatic heterocycles. The van der Waals surface area contributed by atoms with E-state index >= 15 is 0 Å². The van der Waals surface area contributed by atoms with E-state index in [1.165, 1.54) is 11.3 Å². The summed E-state index contributed by atoms with van der Waals surface area (Å²) in [5.74, 6) is -0.188. The number of thiophene rings is 1. The van der Waals surface area contributed by atoms with E-state index in [1.807, 2.05) is 24.3 Å². The first kappa shape index (κ1) is 13.6. The Morgan fingerprint density at radius 3 is 2.89 bits per heavy atom. The van der Waals surface area contributed by atoms with Gasteiger partial charge in [-0.1, -0.05) is 12.1 Å². The van der Waals surface area contributed by atoms with Gasteiger partial charge in [0.15, 0.2) is 0 Å². The Balaban J connectivity index is 2.07. The van der Waals surface area contributed by atoms with Gasteiger partial charge in [0.2, 0.25) is 0 Å². The molecule has 0 radical (unpaired) electrons. The normalized spacial score (nSPS) is 10.4. The maximum atomic E-state index is 12.0. The Labute approximate surface area is 115 Å². The Morgan fingerprint density at radius 2 is 2.21 bits per heavy atom. The highest BCUT2D eigenvalue weighted by molar-refractivity contribution is 7.12. The predicted octanol–water partition coefficient (Wildman–Crippen LogP) is 2.51. The molecule has 0 fully saturated rings. The van der Waals surface area contributed by atoms with Crippen molar-refractivity contribution in [2.45, 2.75) is 12.8 Å². The molecule has 0 aliphatic carbocycles. The van der Waals surface area contributed by atoms with Crippen LogP contribution in [0.2, 0.25) is 0 Å². The topological polar surface area (TPSA) is 75.4 Å². The summed E-state index contributed by atoms with van der Waals surface area (Å²) in [7, 11) is 0. The molecule has 4 nitrogen and oxygen atoms in total. The first-order valence-electron chi connectivity index (χ1n) is 6.05. The van der Waals surface area contributed by atoms with Gasteiger partial charge in [-0.3, -0.25) is 4.79 Å². The number of carbonyl (C=O) groups excluding carboxylic acids is 1. The summed E-state index contributed by atoms with van der Waals surface area (Å²) < 4.78 is 0. The molecule has 5 heteroatoms. The third-order valence-corrected chi connectivity index (χ3v) is 3.64. The lowest BCUT2D eigenvalue weighted by Gasteiger charge is -2.06. The molecule has 0 aliphatic rings. The Hall–Kier alpha value is -1.85. The lowest BCUT2D eigenvalue weighted by Crippen LogP contribution is -2.12. The van der Waals surface area contributed by atoms with Crippen LogP contribution in [0.25, 0.3) is 0 Å². The molecule has 1 aromatic carbocycles. The molecule has 0 saturated carbocycles. The molecule has 19 heavy (non-hydrogen) atoms. The fourth-order valence-electron chi connectivity index (χ4n) is 1.78. The number of amides is 1. The van der Waals surface area contributed by atoms with Crippen LogP contribution < -0.4 is 11.1 Å². The molecule has 2 rings (SSSR count). The number of aliphatic hydroxyl groups is 1. The molecule has 0 atom stereocenters. The van der Waals surface area contributed by atoms with Gasteiger partial charge in [0.1, 0.15) is 4.88 Å². The lowest BCUT2D eigenvalue weighted by atomic mass is 10.1. The molecule has 0 unspecified atom stereocenters. The molecule has 0 aliphatic heterocycles. The Morgan fingerprint density at radius 1 is 1.37 bits per heavy atom. The Bertz CT molecular complexity index is 566. The molecule has 1 amide bonds. The smallest absolute Gasteiger partial charge is 0.267 e. The number of nitrogens with one attached hydrogen (secondary N) is 1. The van der Waals surface area contributed by atoms with Crippen molar-refractivity contribution in [2.75, 3.05) is 17.7 Å². The summed E-state index contributed by atoms with van der Waals surface area (Å²) in [4.78, 5) is 12.5. The van der Waals surface area contributed by atoms with Crippen molar-refractivity contribution in [3.63, 3.8) is 0 Å². The first-order chi connectivity index (χ1) is 9.20. The zero-order valence-corrected chi connectivity index (χ0v) is 11.2. The molecule has 0 spiro atoms. The number of aliphatic hydroxyl groups excluding tert-OH is 1. The SMILES string of the molecule is Nc1ccsc1C(=O)Nc1cccc(CCCO)c1. The number of rotatable bonds is 5. The monoisotopic (exact) mass is 276 g/mol. The second-order valence-electron chi connectivity index (χ2n) is 4.19. The average Bonchev–Trinajstić information content (AvgIpc) is 2.83. The second-order valence-corrected chi connectivity index (χ2v) is 5.10. The molecule has 1 heterocycles. The van der Waals surface area contributed by atoms with Crippen molar-refractivity contribution in [2.24, 2.45) is 0 Å². The van der Waals surface area contributed by atoms with E-state index < -0.39 is 0 Å². The van der Waals surface area contributed by atoms with Crippen LogP contribution in [0.15, 0.2) is 35.7 Å². The first-order valence-corrected chi connectivity index (χ1v) is 6.93. The van der Waals surface area contributed by atoms with E-state index in [-0.39, 0.29) is 12.5 Å². The van der Waals surface area contributed by atoms with Crippen LogP contribution >= 0.6 is 11.3 Å². The summed E-state index contributed by atoms with van der Waals surface area (Å²) >= 11 is 1.32. The van der Waals surface area contributed by atoms with Crippen molar-refractivity contribution >= 4 is 28.6 Å². The molecule has 100 valence electrons. The Kier molecular flexibility index (Phi) is 4.54. The zero-order chi connectivity index (χ0) is 13.7. The van der Waals surface area contributed by atoms with E-state index in [2.05, 4.69) is 5.32 Å². The molecule has 2 aromatic rings. The van der Waals surface area contributed by atoms with Gasteiger partial charge in [-0.05, 0) is 42.0 Å². The fourth-order valence-corrected chi connectivity index (χ4v) is 2.49. The van der Waals surface area contributed by atoms with Gasteiger partial charge in [0, 0.05) is 12.3 Å². The summed E-state index contributed by atoms with van der Waals surface area (Å²) in [6.07, 6.45) is 1.51. The fraction of sp³-hybridized carbons (Fsp3) is 0.214. The predicted molar refractivity (Wildman–Crippen MR) is 78.5 cm³/mol. The lowest BCUT2D eigenvalue weighted by molar-refractivity contribution is 0.103. The summed E-state index contributed by atoms with van der Waals surface area (Å²) in [6.45, 7) is 0.169. The number of hydrogen-bond acceptors (Lipinski definition) is 4. The van der Waals surface area contributed by atoms with Gasteiger partial charge in [-0.15, -0.1) is 11.3 Å². The number of aryl methyl sites for hydroxylation is 1. The van der Waals surface area contributed by atoms with Gasteiger partial charge < -0.3 is 16.2 Å². The minimum Gasteiger partial charge on any atom is -0.397 e.